The van der Waals surface area contributed by atoms with Gasteiger partial charge >= 0.3 is 0 Å². The summed E-state index contributed by atoms with van der Waals surface area (Å²) in [6, 6.07) is 13.4. The molecule has 0 atom stereocenters. The second kappa shape index (κ2) is 9.81. The molecule has 1 aliphatic rings. The van der Waals surface area contributed by atoms with Gasteiger partial charge in [0.1, 0.15) is 5.75 Å². The van der Waals surface area contributed by atoms with Gasteiger partial charge in [-0.25, -0.2) is 0 Å². The number of carbonyl (C=O) groups is 1. The van der Waals surface area contributed by atoms with E-state index in [4.69, 9.17) is 27.9 Å². The molecule has 1 aromatic heterocycles. The number of nitrogens with zero attached hydrogens (tertiary/aromatic N) is 4. The van der Waals surface area contributed by atoms with Gasteiger partial charge in [0, 0.05) is 55.2 Å². The van der Waals surface area contributed by atoms with Crippen molar-refractivity contribution in [1.82, 2.24) is 14.7 Å². The number of nitrogens with one attached hydrogen (secondary N) is 1. The highest BCUT2D eigenvalue weighted by atomic mass is 35.5. The lowest BCUT2D eigenvalue weighted by atomic mass is 10.1. The molecule has 9 heteroatoms. The predicted molar refractivity (Wildman–Crippen MR) is 129 cm³/mol. The smallest absolute Gasteiger partial charge is 0.238 e. The number of methoxy groups -OCH3 is 1. The van der Waals surface area contributed by atoms with E-state index >= 15 is 0 Å². The summed E-state index contributed by atoms with van der Waals surface area (Å²) in [4.78, 5) is 17.2. The normalized spacial score (nSPS) is 14.4. The lowest BCUT2D eigenvalue weighted by Gasteiger charge is -2.35. The highest BCUT2D eigenvalue weighted by Gasteiger charge is 2.20. The highest BCUT2D eigenvalue weighted by Crippen LogP contribution is 2.36. The molecule has 168 valence electrons. The van der Waals surface area contributed by atoms with Crippen molar-refractivity contribution in [3.05, 3.63) is 58.7 Å². The molecule has 0 spiro atoms. The predicted octanol–water partition coefficient (Wildman–Crippen LogP) is 4.16. The average molecular weight is 474 g/mol. The topological polar surface area (TPSA) is 62.6 Å². The third-order valence-corrected chi connectivity index (χ3v) is 6.09. The van der Waals surface area contributed by atoms with Crippen molar-refractivity contribution in [2.24, 2.45) is 7.05 Å². The fourth-order valence-electron chi connectivity index (χ4n) is 3.90. The van der Waals surface area contributed by atoms with Gasteiger partial charge < -0.3 is 15.0 Å². The van der Waals surface area contributed by atoms with Gasteiger partial charge in [-0.1, -0.05) is 23.2 Å². The molecular weight excluding hydrogens is 449 g/mol. The first kappa shape index (κ1) is 22.5. The summed E-state index contributed by atoms with van der Waals surface area (Å²) in [6.07, 6.45) is 1.59. The van der Waals surface area contributed by atoms with Crippen molar-refractivity contribution in [2.45, 2.75) is 0 Å². The average Bonchev–Trinajstić information content (AvgIpc) is 3.12. The first-order valence-electron chi connectivity index (χ1n) is 10.3. The molecule has 1 N–H and O–H groups in total. The quantitative estimate of drug-likeness (QED) is 0.582. The van der Waals surface area contributed by atoms with E-state index in [2.05, 4.69) is 20.2 Å². The number of anilines is 2. The summed E-state index contributed by atoms with van der Waals surface area (Å²) in [6.45, 7) is 3.69. The van der Waals surface area contributed by atoms with Crippen LogP contribution in [-0.2, 0) is 11.8 Å². The summed E-state index contributed by atoms with van der Waals surface area (Å²) in [7, 11) is 3.42. The number of aromatic nitrogens is 2. The number of benzene rings is 2. The maximum atomic E-state index is 12.7. The van der Waals surface area contributed by atoms with Gasteiger partial charge in [0.05, 0.1) is 30.6 Å². The lowest BCUT2D eigenvalue weighted by molar-refractivity contribution is -0.117. The van der Waals surface area contributed by atoms with Crippen molar-refractivity contribution >= 4 is 40.5 Å². The molecule has 1 amide bonds. The molecule has 3 aromatic rings. The third kappa shape index (κ3) is 5.01. The van der Waals surface area contributed by atoms with Crippen LogP contribution in [0, 0.1) is 0 Å². The zero-order chi connectivity index (χ0) is 22.7. The van der Waals surface area contributed by atoms with Crippen molar-refractivity contribution in [3.63, 3.8) is 0 Å². The number of piperazine rings is 1. The maximum Gasteiger partial charge on any atom is 0.238 e. The molecule has 1 fully saturated rings. The van der Waals surface area contributed by atoms with Gasteiger partial charge in [-0.15, -0.1) is 0 Å². The molecule has 7 nitrogen and oxygen atoms in total. The van der Waals surface area contributed by atoms with Gasteiger partial charge in [-0.3, -0.25) is 14.4 Å². The van der Waals surface area contributed by atoms with Crippen LogP contribution in [0.4, 0.5) is 11.4 Å². The van der Waals surface area contributed by atoms with Crippen molar-refractivity contribution < 1.29 is 9.53 Å². The van der Waals surface area contributed by atoms with Crippen LogP contribution in [0.15, 0.2) is 48.7 Å². The Bertz CT molecular complexity index is 1070. The Morgan fingerprint density at radius 1 is 1.09 bits per heavy atom. The van der Waals surface area contributed by atoms with E-state index in [1.165, 1.54) is 0 Å². The molecule has 0 unspecified atom stereocenters. The molecule has 0 bridgehead atoms. The summed E-state index contributed by atoms with van der Waals surface area (Å²) >= 11 is 12.3. The van der Waals surface area contributed by atoms with Gasteiger partial charge in [0.25, 0.3) is 0 Å². The first-order valence-corrected chi connectivity index (χ1v) is 11.1. The fourth-order valence-corrected chi connectivity index (χ4v) is 4.30. The minimum absolute atomic E-state index is 0.0582. The molecule has 0 aliphatic carbocycles. The van der Waals surface area contributed by atoms with Crippen LogP contribution in [0.5, 0.6) is 5.75 Å². The number of aryl methyl sites for hydroxylation is 1. The van der Waals surface area contributed by atoms with Gasteiger partial charge in [-0.05, 0) is 42.5 Å². The molecular formula is C23H25Cl2N5O2. The maximum absolute atomic E-state index is 12.7. The molecule has 1 aliphatic heterocycles. The largest absolute Gasteiger partial charge is 0.496 e. The number of ether oxygens (including phenoxy) is 1. The van der Waals surface area contributed by atoms with Gasteiger partial charge in [0.15, 0.2) is 0 Å². The molecule has 0 saturated carbocycles. The SMILES string of the molecule is COc1ccc(NC(=O)CN2CCN(c3ccc(Cl)cc3)CC2)cc1-c1c(Cl)cnn1C. The Morgan fingerprint density at radius 2 is 1.81 bits per heavy atom. The summed E-state index contributed by atoms with van der Waals surface area (Å²) in [5.74, 6) is 0.601. The van der Waals surface area contributed by atoms with Crippen molar-refractivity contribution in [1.29, 1.82) is 0 Å². The van der Waals surface area contributed by atoms with E-state index in [0.29, 0.717) is 23.0 Å². The molecule has 0 radical (unpaired) electrons. The van der Waals surface area contributed by atoms with E-state index < -0.39 is 0 Å². The Balaban J connectivity index is 1.37. The Hall–Kier alpha value is -2.74. The Morgan fingerprint density at radius 3 is 2.44 bits per heavy atom. The number of halogens is 2. The van der Waals surface area contributed by atoms with Crippen LogP contribution in [0.1, 0.15) is 0 Å². The van der Waals surface area contributed by atoms with E-state index in [1.54, 1.807) is 18.0 Å². The number of rotatable bonds is 6. The molecule has 4 rings (SSSR count). The summed E-state index contributed by atoms with van der Waals surface area (Å²) in [5.41, 5.74) is 3.34. The van der Waals surface area contributed by atoms with Crippen LogP contribution in [0.2, 0.25) is 10.0 Å². The number of amides is 1. The number of carbonyl (C=O) groups excluding carboxylic acids is 1. The lowest BCUT2D eigenvalue weighted by Crippen LogP contribution is -2.48. The second-order valence-corrected chi connectivity index (χ2v) is 8.51. The standard InChI is InChI=1S/C23H25Cl2N5O2/c1-28-23(20(25)14-26-28)19-13-17(5-8-21(19)32-2)27-22(31)15-29-9-11-30(12-10-29)18-6-3-16(24)4-7-18/h3-8,13-14H,9-12,15H2,1-2H3,(H,27,31). The van der Waals surface area contributed by atoms with E-state index in [0.717, 1.165) is 48.1 Å². The first-order chi connectivity index (χ1) is 15.4. The molecule has 2 aromatic carbocycles. The number of hydrogen-bond donors (Lipinski definition) is 1. The van der Waals surface area contributed by atoms with Crippen LogP contribution in [0.25, 0.3) is 11.3 Å². The van der Waals surface area contributed by atoms with Crippen LogP contribution >= 0.6 is 23.2 Å². The Labute approximate surface area is 197 Å². The molecule has 1 saturated heterocycles. The molecule has 2 heterocycles. The van der Waals surface area contributed by atoms with Crippen LogP contribution < -0.4 is 15.0 Å². The minimum atomic E-state index is -0.0582. The van der Waals surface area contributed by atoms with Crippen LogP contribution in [-0.4, -0.2) is 60.4 Å². The minimum Gasteiger partial charge on any atom is -0.496 e. The van der Waals surface area contributed by atoms with Crippen molar-refractivity contribution in [3.8, 4) is 17.0 Å². The monoisotopic (exact) mass is 473 g/mol. The van der Waals surface area contributed by atoms with E-state index in [1.807, 2.05) is 49.5 Å². The van der Waals surface area contributed by atoms with E-state index in [9.17, 15) is 4.79 Å². The van der Waals surface area contributed by atoms with Gasteiger partial charge in [0.2, 0.25) is 5.91 Å². The zero-order valence-corrected chi connectivity index (χ0v) is 19.5. The summed E-state index contributed by atoms with van der Waals surface area (Å²) in [5, 5.41) is 8.44. The zero-order valence-electron chi connectivity index (χ0n) is 18.0. The van der Waals surface area contributed by atoms with Gasteiger partial charge in [-0.2, -0.15) is 5.10 Å². The van der Waals surface area contributed by atoms with Crippen molar-refractivity contribution in [2.75, 3.05) is 50.1 Å². The highest BCUT2D eigenvalue weighted by molar-refractivity contribution is 6.33. The van der Waals surface area contributed by atoms with Crippen LogP contribution in [0.3, 0.4) is 0 Å². The second-order valence-electron chi connectivity index (χ2n) is 7.67. The number of hydrogen-bond acceptors (Lipinski definition) is 5. The fraction of sp³-hybridized carbons (Fsp3) is 0.304. The van der Waals surface area contributed by atoms with E-state index in [-0.39, 0.29) is 5.91 Å². The summed E-state index contributed by atoms with van der Waals surface area (Å²) < 4.78 is 7.17. The third-order valence-electron chi connectivity index (χ3n) is 5.56. The molecule has 32 heavy (non-hydrogen) atoms. The Kier molecular flexibility index (Phi) is 6.89.